The number of carboxylic acids is 1. The summed E-state index contributed by atoms with van der Waals surface area (Å²) in [5.41, 5.74) is -1.61. The lowest BCUT2D eigenvalue weighted by atomic mass is 10.1. The molecule has 2 amide bonds. The van der Waals surface area contributed by atoms with Crippen LogP contribution in [0.15, 0.2) is 10.5 Å². The zero-order valence-corrected chi connectivity index (χ0v) is 14.8. The van der Waals surface area contributed by atoms with E-state index in [-0.39, 0.29) is 17.3 Å². The molecular formula is C13H16N4O5S2. The average Bonchev–Trinajstić information content (AvgIpc) is 2.91. The number of thiazole rings is 1. The lowest BCUT2D eigenvalue weighted by Gasteiger charge is -2.33. The number of hydrogen-bond donors (Lipinski definition) is 4. The highest BCUT2D eigenvalue weighted by Gasteiger charge is 2.39. The third kappa shape index (κ3) is 3.85. The number of carbonyl (C=O) groups is 3. The van der Waals surface area contributed by atoms with Gasteiger partial charge in [-0.3, -0.25) is 9.59 Å². The van der Waals surface area contributed by atoms with Gasteiger partial charge < -0.3 is 20.6 Å². The van der Waals surface area contributed by atoms with Crippen LogP contribution in [0.1, 0.15) is 24.5 Å². The van der Waals surface area contributed by atoms with E-state index in [1.54, 1.807) is 12.3 Å². The van der Waals surface area contributed by atoms with E-state index in [0.29, 0.717) is 5.01 Å². The van der Waals surface area contributed by atoms with Crippen LogP contribution in [0.25, 0.3) is 0 Å². The second-order valence-electron chi connectivity index (χ2n) is 5.50. The summed E-state index contributed by atoms with van der Waals surface area (Å²) >= 11 is 5.38. The van der Waals surface area contributed by atoms with Crippen LogP contribution in [0, 0.1) is 6.92 Å². The Bertz CT molecular complexity index is 715. The Labute approximate surface area is 146 Å². The maximum absolute atomic E-state index is 12.4. The van der Waals surface area contributed by atoms with Gasteiger partial charge in [0.25, 0.3) is 5.91 Å². The second-order valence-corrected chi connectivity index (χ2v) is 7.12. The number of amides is 2. The van der Waals surface area contributed by atoms with E-state index < -0.39 is 28.9 Å². The Hall–Kier alpha value is -2.14. The number of hydrogen-bond acceptors (Lipinski definition) is 8. The molecule has 0 bridgehead atoms. The first-order valence-electron chi connectivity index (χ1n) is 6.83. The number of nitrogens with one attached hydrogen (secondary N) is 2. The fourth-order valence-electron chi connectivity index (χ4n) is 1.60. The van der Waals surface area contributed by atoms with E-state index in [9.17, 15) is 14.4 Å². The second kappa shape index (κ2) is 6.77. The van der Waals surface area contributed by atoms with Crippen molar-refractivity contribution in [3.63, 3.8) is 0 Å². The van der Waals surface area contributed by atoms with Gasteiger partial charge in [0, 0.05) is 5.38 Å². The largest absolute Gasteiger partial charge is 0.478 e. The third-order valence-electron chi connectivity index (χ3n) is 3.13. The number of aryl methyl sites for hydroxylation is 1. The zero-order chi connectivity index (χ0) is 18.1. The number of carbonyl (C=O) groups excluding carboxylic acids is 2. The standard InChI is InChI=1S/C13H16N4O5S2/c1-5-14-6(4-24-5)7(17-22-13(2,3)12(20)21)9(18)15-8-10(19)16-11(8)23/h4,8,11,23H,1-3H3,(H,15,18)(H,16,19)(H,20,21)/b17-7-/t8-,11-/m1/s1. The van der Waals surface area contributed by atoms with Crippen LogP contribution in [0.4, 0.5) is 0 Å². The van der Waals surface area contributed by atoms with E-state index in [0.717, 1.165) is 0 Å². The predicted molar refractivity (Wildman–Crippen MR) is 89.0 cm³/mol. The Kier molecular flexibility index (Phi) is 5.13. The summed E-state index contributed by atoms with van der Waals surface area (Å²) < 4.78 is 0. The van der Waals surface area contributed by atoms with Gasteiger partial charge in [-0.05, 0) is 20.8 Å². The van der Waals surface area contributed by atoms with Crippen molar-refractivity contribution < 1.29 is 24.3 Å². The van der Waals surface area contributed by atoms with E-state index in [4.69, 9.17) is 9.94 Å². The van der Waals surface area contributed by atoms with Crippen LogP contribution in [-0.2, 0) is 19.2 Å². The van der Waals surface area contributed by atoms with Gasteiger partial charge in [-0.2, -0.15) is 12.6 Å². The van der Waals surface area contributed by atoms with E-state index in [1.165, 1.54) is 25.2 Å². The Morgan fingerprint density at radius 1 is 1.54 bits per heavy atom. The molecule has 11 heteroatoms. The molecule has 9 nitrogen and oxygen atoms in total. The zero-order valence-electron chi connectivity index (χ0n) is 13.1. The molecular weight excluding hydrogens is 356 g/mol. The van der Waals surface area contributed by atoms with Crippen molar-refractivity contribution in [1.82, 2.24) is 15.6 Å². The third-order valence-corrected chi connectivity index (χ3v) is 4.33. The molecule has 1 aliphatic rings. The van der Waals surface area contributed by atoms with Crippen molar-refractivity contribution in [2.45, 2.75) is 37.8 Å². The van der Waals surface area contributed by atoms with Gasteiger partial charge in [0.1, 0.15) is 17.1 Å². The van der Waals surface area contributed by atoms with Gasteiger partial charge in [-0.15, -0.1) is 11.3 Å². The summed E-state index contributed by atoms with van der Waals surface area (Å²) in [6.07, 6.45) is 0. The van der Waals surface area contributed by atoms with Crippen LogP contribution in [-0.4, -0.2) is 50.6 Å². The minimum absolute atomic E-state index is 0.214. The highest BCUT2D eigenvalue weighted by molar-refractivity contribution is 7.81. The van der Waals surface area contributed by atoms with Crippen LogP contribution in [0.5, 0.6) is 0 Å². The molecule has 0 spiro atoms. The SMILES string of the molecule is Cc1nc(/C(=N/OC(C)(C)C(=O)O)C(=O)N[C@@H]2C(=O)N[C@@H]2S)cs1. The van der Waals surface area contributed by atoms with Gasteiger partial charge in [0.2, 0.25) is 11.5 Å². The number of rotatable bonds is 6. The summed E-state index contributed by atoms with van der Waals surface area (Å²) in [6.45, 7) is 4.34. The summed E-state index contributed by atoms with van der Waals surface area (Å²) in [5.74, 6) is -2.32. The van der Waals surface area contributed by atoms with Crippen LogP contribution in [0.3, 0.4) is 0 Å². The molecule has 1 fully saturated rings. The van der Waals surface area contributed by atoms with E-state index >= 15 is 0 Å². The van der Waals surface area contributed by atoms with Crippen molar-refractivity contribution in [2.24, 2.45) is 5.16 Å². The molecule has 2 rings (SSSR count). The smallest absolute Gasteiger partial charge is 0.350 e. The average molecular weight is 372 g/mol. The first-order valence-corrected chi connectivity index (χ1v) is 8.23. The number of nitrogens with zero attached hydrogens (tertiary/aromatic N) is 2. The summed E-state index contributed by atoms with van der Waals surface area (Å²) in [5, 5.41) is 19.4. The number of aliphatic carboxylic acids is 1. The van der Waals surface area contributed by atoms with Crippen molar-refractivity contribution in [1.29, 1.82) is 0 Å². The molecule has 1 aromatic heterocycles. The molecule has 1 saturated heterocycles. The van der Waals surface area contributed by atoms with Gasteiger partial charge in [0.05, 0.1) is 5.01 Å². The first-order chi connectivity index (χ1) is 11.1. The minimum atomic E-state index is -1.63. The molecule has 130 valence electrons. The molecule has 0 unspecified atom stereocenters. The lowest BCUT2D eigenvalue weighted by molar-refractivity contribution is -0.161. The minimum Gasteiger partial charge on any atom is -0.478 e. The molecule has 0 aliphatic carbocycles. The molecule has 1 aromatic rings. The number of oxime groups is 1. The van der Waals surface area contributed by atoms with Gasteiger partial charge >= 0.3 is 5.97 Å². The predicted octanol–water partition coefficient (Wildman–Crippen LogP) is -0.0941. The fraction of sp³-hybridized carbons (Fsp3) is 0.462. The topological polar surface area (TPSA) is 130 Å². The maximum atomic E-state index is 12.4. The highest BCUT2D eigenvalue weighted by Crippen LogP contribution is 2.15. The molecule has 0 radical (unpaired) electrons. The molecule has 0 aromatic carbocycles. The van der Waals surface area contributed by atoms with Crippen molar-refractivity contribution in [3.05, 3.63) is 16.1 Å². The molecule has 24 heavy (non-hydrogen) atoms. The summed E-state index contributed by atoms with van der Waals surface area (Å²) in [6, 6.07) is -0.807. The van der Waals surface area contributed by atoms with E-state index in [1.807, 2.05) is 0 Å². The normalized spacial score (nSPS) is 20.8. The highest BCUT2D eigenvalue weighted by atomic mass is 32.1. The lowest BCUT2D eigenvalue weighted by Crippen LogP contribution is -2.67. The molecule has 0 saturated carbocycles. The Morgan fingerprint density at radius 3 is 2.67 bits per heavy atom. The Morgan fingerprint density at radius 2 is 2.21 bits per heavy atom. The maximum Gasteiger partial charge on any atom is 0.350 e. The van der Waals surface area contributed by atoms with Gasteiger partial charge in [0.15, 0.2) is 5.71 Å². The summed E-state index contributed by atoms with van der Waals surface area (Å²) in [7, 11) is 0. The summed E-state index contributed by atoms with van der Waals surface area (Å²) in [4.78, 5) is 44.1. The molecule has 2 atom stereocenters. The van der Waals surface area contributed by atoms with E-state index in [2.05, 4.69) is 33.4 Å². The van der Waals surface area contributed by atoms with Gasteiger partial charge in [-0.25, -0.2) is 9.78 Å². The number of aromatic nitrogens is 1. The van der Waals surface area contributed by atoms with Crippen molar-refractivity contribution in [2.75, 3.05) is 0 Å². The number of thiol groups is 1. The van der Waals surface area contributed by atoms with Gasteiger partial charge in [-0.1, -0.05) is 5.16 Å². The fourth-order valence-corrected chi connectivity index (χ4v) is 2.53. The van der Waals surface area contributed by atoms with Crippen molar-refractivity contribution in [3.8, 4) is 0 Å². The number of β-lactam (4-membered cyclic amide) rings is 1. The molecule has 2 heterocycles. The molecule has 3 N–H and O–H groups in total. The number of carboxylic acid groups (broad SMARTS) is 1. The monoisotopic (exact) mass is 372 g/mol. The van der Waals surface area contributed by atoms with Crippen LogP contribution >= 0.6 is 24.0 Å². The Balaban J connectivity index is 2.24. The first kappa shape index (κ1) is 18.2. The quantitative estimate of drug-likeness (QED) is 0.239. The van der Waals surface area contributed by atoms with Crippen molar-refractivity contribution >= 4 is 47.5 Å². The molecule has 1 aliphatic heterocycles. The van der Waals surface area contributed by atoms with Crippen LogP contribution in [0.2, 0.25) is 0 Å². The van der Waals surface area contributed by atoms with Crippen LogP contribution < -0.4 is 10.6 Å².